The molecule has 3 aromatic rings. The molecule has 8 heteroatoms. The van der Waals surface area contributed by atoms with Gasteiger partial charge in [-0.1, -0.05) is 22.0 Å². The van der Waals surface area contributed by atoms with Crippen LogP contribution in [0, 0.1) is 0 Å². The van der Waals surface area contributed by atoms with Gasteiger partial charge in [-0.25, -0.2) is 14.4 Å². The molecule has 31 heavy (non-hydrogen) atoms. The van der Waals surface area contributed by atoms with Crippen molar-refractivity contribution in [3.8, 4) is 0 Å². The molecule has 0 amide bonds. The van der Waals surface area contributed by atoms with Crippen LogP contribution in [0.15, 0.2) is 52.2 Å². The monoisotopic (exact) mass is 482 g/mol. The number of hydrazone groups is 1. The van der Waals surface area contributed by atoms with Gasteiger partial charge in [-0.3, -0.25) is 9.91 Å². The lowest BCUT2D eigenvalue weighted by atomic mass is 9.97. The maximum atomic E-state index is 13.7. The van der Waals surface area contributed by atoms with E-state index < -0.39 is 6.17 Å². The van der Waals surface area contributed by atoms with Gasteiger partial charge in [-0.2, -0.15) is 5.10 Å². The lowest BCUT2D eigenvalue weighted by Crippen LogP contribution is -2.21. The summed E-state index contributed by atoms with van der Waals surface area (Å²) in [6.07, 6.45) is 3.71. The summed E-state index contributed by atoms with van der Waals surface area (Å²) in [4.78, 5) is 11.3. The number of benzene rings is 2. The molecule has 1 fully saturated rings. The minimum absolute atomic E-state index is 0.230. The van der Waals surface area contributed by atoms with E-state index in [-0.39, 0.29) is 5.92 Å². The minimum atomic E-state index is -0.720. The average Bonchev–Trinajstić information content (AvgIpc) is 3.36. The van der Waals surface area contributed by atoms with E-state index in [1.807, 2.05) is 42.7 Å². The molecule has 2 aromatic carbocycles. The van der Waals surface area contributed by atoms with Crippen LogP contribution in [-0.2, 0) is 6.54 Å². The number of halogens is 2. The van der Waals surface area contributed by atoms with Crippen molar-refractivity contribution >= 4 is 44.7 Å². The molecule has 5 rings (SSSR count). The number of rotatable bonds is 5. The Morgan fingerprint density at radius 1 is 1.19 bits per heavy atom. The first kappa shape index (κ1) is 20.3. The van der Waals surface area contributed by atoms with Gasteiger partial charge in [0.2, 0.25) is 5.95 Å². The number of nitrogens with zero attached hydrogens (tertiary/aromatic N) is 5. The number of fused-ring (bicyclic) bond motifs is 1. The largest absolute Gasteiger partial charge is 0.324 e. The van der Waals surface area contributed by atoms with Crippen LogP contribution in [0.4, 0.5) is 16.0 Å². The summed E-state index contributed by atoms with van der Waals surface area (Å²) >= 11 is 3.48. The molecule has 0 bridgehead atoms. The molecule has 2 aliphatic rings. The Hall–Kier alpha value is -2.58. The number of aromatic nitrogens is 2. The Morgan fingerprint density at radius 2 is 2.10 bits per heavy atom. The summed E-state index contributed by atoms with van der Waals surface area (Å²) in [5.74, 6) is 0.785. The second-order valence-corrected chi connectivity index (χ2v) is 9.23. The van der Waals surface area contributed by atoms with E-state index in [0.29, 0.717) is 18.9 Å². The number of likely N-dealkylation sites (tertiary alicyclic amines) is 1. The molecule has 1 saturated heterocycles. The molecule has 3 heterocycles. The van der Waals surface area contributed by atoms with E-state index in [4.69, 9.17) is 0 Å². The highest BCUT2D eigenvalue weighted by molar-refractivity contribution is 9.10. The third-order valence-electron chi connectivity index (χ3n) is 5.77. The summed E-state index contributed by atoms with van der Waals surface area (Å²) in [5, 5.41) is 10.7. The van der Waals surface area contributed by atoms with Gasteiger partial charge >= 0.3 is 0 Å². The van der Waals surface area contributed by atoms with E-state index in [1.54, 1.807) is 0 Å². The van der Waals surface area contributed by atoms with E-state index in [2.05, 4.69) is 59.4 Å². The number of alkyl halides is 1. The molecule has 6 nitrogen and oxygen atoms in total. The normalized spacial score (nSPS) is 21.3. The number of hydrogen-bond acceptors (Lipinski definition) is 6. The zero-order valence-corrected chi connectivity index (χ0v) is 18.9. The van der Waals surface area contributed by atoms with Gasteiger partial charge < -0.3 is 5.32 Å². The van der Waals surface area contributed by atoms with E-state index in [0.717, 1.165) is 46.3 Å². The molecule has 2 atom stereocenters. The number of anilines is 2. The SMILES string of the molecule is CN1CC(c2cc(CN3CC[C@H](F)C3)cc(Nc3ncc4cc(Br)ccc4n3)c2)C=N1. The highest BCUT2D eigenvalue weighted by atomic mass is 79.9. The Balaban J connectivity index is 1.44. The molecule has 0 spiro atoms. The van der Waals surface area contributed by atoms with Crippen LogP contribution >= 0.6 is 15.9 Å². The quantitative estimate of drug-likeness (QED) is 0.571. The second kappa shape index (κ2) is 8.51. The van der Waals surface area contributed by atoms with E-state index in [9.17, 15) is 4.39 Å². The van der Waals surface area contributed by atoms with Crippen molar-refractivity contribution in [2.24, 2.45) is 5.10 Å². The fourth-order valence-corrected chi connectivity index (χ4v) is 4.62. The minimum Gasteiger partial charge on any atom is -0.324 e. The van der Waals surface area contributed by atoms with Gasteiger partial charge in [-0.15, -0.1) is 0 Å². The zero-order chi connectivity index (χ0) is 21.4. The first-order valence-electron chi connectivity index (χ1n) is 10.5. The Kier molecular flexibility index (Phi) is 5.58. The zero-order valence-electron chi connectivity index (χ0n) is 17.3. The highest BCUT2D eigenvalue weighted by Crippen LogP contribution is 2.28. The molecule has 1 N–H and O–H groups in total. The summed E-state index contributed by atoms with van der Waals surface area (Å²) in [6.45, 7) is 2.88. The summed E-state index contributed by atoms with van der Waals surface area (Å²) in [6, 6.07) is 12.4. The van der Waals surface area contributed by atoms with Gasteiger partial charge in [0.15, 0.2) is 0 Å². The molecule has 2 aliphatic heterocycles. The third-order valence-corrected chi connectivity index (χ3v) is 6.26. The lowest BCUT2D eigenvalue weighted by molar-refractivity contribution is 0.282. The van der Waals surface area contributed by atoms with Crippen molar-refractivity contribution in [1.29, 1.82) is 0 Å². The van der Waals surface area contributed by atoms with Crippen LogP contribution in [0.2, 0.25) is 0 Å². The Morgan fingerprint density at radius 3 is 2.87 bits per heavy atom. The van der Waals surface area contributed by atoms with Crippen LogP contribution in [0.1, 0.15) is 23.5 Å². The van der Waals surface area contributed by atoms with E-state index in [1.165, 1.54) is 5.56 Å². The van der Waals surface area contributed by atoms with Crippen molar-refractivity contribution in [2.75, 3.05) is 32.0 Å². The maximum Gasteiger partial charge on any atom is 0.227 e. The molecule has 0 aliphatic carbocycles. The van der Waals surface area contributed by atoms with Crippen LogP contribution in [-0.4, -0.2) is 58.9 Å². The molecule has 160 valence electrons. The Labute approximate surface area is 189 Å². The fraction of sp³-hybridized carbons (Fsp3) is 0.348. The van der Waals surface area contributed by atoms with Gasteiger partial charge in [-0.05, 0) is 47.9 Å². The Bertz CT molecular complexity index is 1140. The molecule has 1 aromatic heterocycles. The van der Waals surface area contributed by atoms with Crippen LogP contribution in [0.5, 0.6) is 0 Å². The summed E-state index contributed by atoms with van der Waals surface area (Å²) in [5.41, 5.74) is 4.16. The summed E-state index contributed by atoms with van der Waals surface area (Å²) in [7, 11) is 1.98. The third kappa shape index (κ3) is 4.70. The van der Waals surface area contributed by atoms with Crippen LogP contribution in [0.25, 0.3) is 10.9 Å². The molecular weight excluding hydrogens is 459 g/mol. The van der Waals surface area contributed by atoms with Crippen molar-refractivity contribution in [3.05, 3.63) is 58.2 Å². The first-order valence-corrected chi connectivity index (χ1v) is 11.3. The lowest BCUT2D eigenvalue weighted by Gasteiger charge is -2.18. The first-order chi connectivity index (χ1) is 15.0. The van der Waals surface area contributed by atoms with Gasteiger partial charge in [0, 0.05) is 67.1 Å². The average molecular weight is 483 g/mol. The smallest absolute Gasteiger partial charge is 0.227 e. The molecule has 1 unspecified atom stereocenters. The highest BCUT2D eigenvalue weighted by Gasteiger charge is 2.23. The van der Waals surface area contributed by atoms with Crippen molar-refractivity contribution < 1.29 is 4.39 Å². The number of nitrogens with one attached hydrogen (secondary N) is 1. The standard InChI is InChI=1S/C23H24BrFN6/c1-30-13-18(11-27-30)16-6-15(12-31-5-4-20(25)14-31)7-21(9-16)28-23-26-10-17-8-19(24)2-3-22(17)29-23/h2-3,6-11,18,20H,4-5,12-14H2,1H3,(H,26,28,29)/t18?,20-/m0/s1. The number of hydrogen-bond donors (Lipinski definition) is 1. The molecule has 0 radical (unpaired) electrons. The van der Waals surface area contributed by atoms with Gasteiger partial charge in [0.05, 0.1) is 5.52 Å². The van der Waals surface area contributed by atoms with Gasteiger partial charge in [0.1, 0.15) is 6.17 Å². The van der Waals surface area contributed by atoms with Crippen molar-refractivity contribution in [3.63, 3.8) is 0 Å². The molecule has 0 saturated carbocycles. The van der Waals surface area contributed by atoms with Crippen LogP contribution < -0.4 is 5.32 Å². The predicted molar refractivity (Wildman–Crippen MR) is 126 cm³/mol. The predicted octanol–water partition coefficient (Wildman–Crippen LogP) is 4.69. The fourth-order valence-electron chi connectivity index (χ4n) is 4.24. The topological polar surface area (TPSA) is 56.6 Å². The van der Waals surface area contributed by atoms with Crippen molar-refractivity contribution in [1.82, 2.24) is 19.9 Å². The van der Waals surface area contributed by atoms with Crippen molar-refractivity contribution in [2.45, 2.75) is 25.1 Å². The molecular formula is C23H24BrFN6. The van der Waals surface area contributed by atoms with E-state index >= 15 is 0 Å². The number of likely N-dealkylation sites (N-methyl/N-ethyl adjacent to an activating group) is 1. The van der Waals surface area contributed by atoms with Crippen LogP contribution in [0.3, 0.4) is 0 Å². The second-order valence-electron chi connectivity index (χ2n) is 8.32. The maximum absolute atomic E-state index is 13.7. The van der Waals surface area contributed by atoms with Gasteiger partial charge in [0.25, 0.3) is 0 Å². The summed E-state index contributed by atoms with van der Waals surface area (Å²) < 4.78 is 14.7.